The number of carbonyl (C=O) groups is 2. The van der Waals surface area contributed by atoms with Gasteiger partial charge in [0.05, 0.1) is 17.0 Å². The van der Waals surface area contributed by atoms with Crippen LogP contribution in [0.5, 0.6) is 0 Å². The second-order valence-electron chi connectivity index (χ2n) is 31.5. The van der Waals surface area contributed by atoms with Crippen LogP contribution in [0.1, 0.15) is 167 Å². The van der Waals surface area contributed by atoms with Gasteiger partial charge in [-0.1, -0.05) is 159 Å². The molecule has 6 aromatic carbocycles. The summed E-state index contributed by atoms with van der Waals surface area (Å²) in [6, 6.07) is 69.9. The van der Waals surface area contributed by atoms with Gasteiger partial charge in [0.25, 0.3) is 0 Å². The normalized spacial score (nSPS) is 16.0. The van der Waals surface area contributed by atoms with Gasteiger partial charge < -0.3 is 35.4 Å². The maximum Gasteiger partial charge on any atom is 0.431 e. The Morgan fingerprint density at radius 3 is 1.61 bits per heavy atom. The van der Waals surface area contributed by atoms with Gasteiger partial charge in [-0.05, 0) is 205 Å². The van der Waals surface area contributed by atoms with Gasteiger partial charge in [-0.15, -0.1) is 119 Å². The molecular formula is C96H99F5Ir4N7O4-5. The number of hydrogen-bond donors (Lipinski definition) is 2. The van der Waals surface area contributed by atoms with Crippen molar-refractivity contribution < 1.29 is 122 Å². The van der Waals surface area contributed by atoms with Crippen LogP contribution in [-0.2, 0) is 109 Å². The molecule has 20 heteroatoms. The first-order chi connectivity index (χ1) is 53.3. The number of aryl methyl sites for hydroxylation is 1. The van der Waals surface area contributed by atoms with Crippen molar-refractivity contribution in [1.29, 1.82) is 0 Å². The van der Waals surface area contributed by atoms with Gasteiger partial charge in [0.2, 0.25) is 0 Å². The van der Waals surface area contributed by atoms with E-state index < -0.39 is 23.5 Å². The number of rotatable bonds is 12. The monoisotopic (exact) mass is 2280 g/mol. The number of ketones is 2. The molecule has 0 saturated heterocycles. The number of fused-ring (bicyclic) bond motifs is 2. The van der Waals surface area contributed by atoms with Crippen LogP contribution in [0.4, 0.5) is 22.0 Å². The molecule has 4 radical (unpaired) electrons. The molecule has 11 nitrogen and oxygen atoms in total. The summed E-state index contributed by atoms with van der Waals surface area (Å²) in [7, 11) is 0. The number of nitrogens with zero attached hydrogens (tertiary/aromatic N) is 7. The summed E-state index contributed by atoms with van der Waals surface area (Å²) < 4.78 is 62.9. The quantitative estimate of drug-likeness (QED) is 0.0517. The zero-order valence-corrected chi connectivity index (χ0v) is 77.1. The molecule has 6 heterocycles. The van der Waals surface area contributed by atoms with Crippen LogP contribution in [0, 0.1) is 77.3 Å². The molecule has 4 aliphatic rings. The largest absolute Gasteiger partial charge is 0.573 e. The maximum atomic E-state index is 13.6. The van der Waals surface area contributed by atoms with E-state index in [1.165, 1.54) is 117 Å². The van der Waals surface area contributed by atoms with Gasteiger partial charge >= 0.3 is 6.18 Å². The average Bonchev–Trinajstić information content (AvgIpc) is 0.788. The van der Waals surface area contributed by atoms with Crippen LogP contribution in [0.15, 0.2) is 230 Å². The number of aliphatic hydroxyl groups is 2. The fourth-order valence-electron chi connectivity index (χ4n) is 14.7. The van der Waals surface area contributed by atoms with Gasteiger partial charge in [0, 0.05) is 140 Å². The summed E-state index contributed by atoms with van der Waals surface area (Å²) in [6.07, 6.45) is 15.8. The summed E-state index contributed by atoms with van der Waals surface area (Å²) in [5.74, 6) is 3.77. The minimum absolute atomic E-state index is 0. The molecule has 6 aromatic heterocycles. The molecule has 4 saturated carbocycles. The Labute approximate surface area is 734 Å². The van der Waals surface area contributed by atoms with Crippen molar-refractivity contribution in [3.05, 3.63) is 300 Å². The number of allylic oxidation sites excluding steroid dienone is 4. The number of aliphatic hydroxyl groups excluding tert-OH is 2. The van der Waals surface area contributed by atoms with Gasteiger partial charge in [0.1, 0.15) is 5.69 Å². The first-order valence-corrected chi connectivity index (χ1v) is 38.0. The molecule has 16 rings (SSSR count). The van der Waals surface area contributed by atoms with Crippen molar-refractivity contribution in [2.45, 2.75) is 159 Å². The molecule has 4 fully saturated rings. The summed E-state index contributed by atoms with van der Waals surface area (Å²) >= 11 is 0. The van der Waals surface area contributed by atoms with Crippen LogP contribution in [0.25, 0.3) is 78.1 Å². The Balaban J connectivity index is 0.000000247. The molecule has 4 bridgehead atoms. The van der Waals surface area contributed by atoms with E-state index in [1.807, 2.05) is 54.7 Å². The number of carbonyl (C=O) groups excluding carboxylic acids is 2. The van der Waals surface area contributed by atoms with Crippen LogP contribution in [0.3, 0.4) is 0 Å². The predicted molar refractivity (Wildman–Crippen MR) is 438 cm³/mol. The third-order valence-corrected chi connectivity index (χ3v) is 19.4. The van der Waals surface area contributed by atoms with E-state index in [0.717, 1.165) is 112 Å². The van der Waals surface area contributed by atoms with Gasteiger partial charge in [-0.2, -0.15) is 13.2 Å². The van der Waals surface area contributed by atoms with Crippen molar-refractivity contribution in [2.75, 3.05) is 0 Å². The van der Waals surface area contributed by atoms with E-state index in [0.29, 0.717) is 17.3 Å². The van der Waals surface area contributed by atoms with Crippen molar-refractivity contribution in [2.24, 2.45) is 34.5 Å². The zero-order chi connectivity index (χ0) is 80.9. The number of pyridine rings is 5. The molecule has 4 aliphatic carbocycles. The number of benzene rings is 6. The minimum atomic E-state index is -4.46. The average molecular weight is 2280 g/mol. The Morgan fingerprint density at radius 2 is 1.11 bits per heavy atom. The van der Waals surface area contributed by atoms with E-state index in [-0.39, 0.29) is 126 Å². The summed E-state index contributed by atoms with van der Waals surface area (Å²) in [6.45, 7) is 25.7. The van der Waals surface area contributed by atoms with E-state index in [1.54, 1.807) is 30.5 Å². The fourth-order valence-corrected chi connectivity index (χ4v) is 14.7. The van der Waals surface area contributed by atoms with Crippen LogP contribution in [0.2, 0.25) is 0 Å². The standard InChI is InChI=1S/C22H24N.2C20H20N.C15H14F2N.C9H5F3N3.2C5H8O2.4Ir/c1-14-3-2-4-17(7-14)21-6-5-18(13-23-21)22-19-9-15-8-16(11-19)12-20(22)10-15;1-20(2,3)13-16-14-21-19(15-9-5-4-6-10-15)18-12-8-7-11-17(16)18;1-20(2,3)14-16-13-19(15-9-5-4-6-10-15)21-18-12-8-7-11-17(16)18;1-3-10(2)11-4-7-15(18-9-11)13-6-5-12(16)8-14(13)17;10-9(11,12)8-5-7(14-15-8)6-3-1-2-4-13-6;2*1-4(6)3-5(2)7;;;;/h2-3,5-7,13,15-16,19-20,22H,8-12H2,1H3;4-9,11-12,14H,13H2,1-3H3;4-9,11-13H,14H2,1-3H3;4-5,7-10H,3H2,1-2H3;1-5H;2*3,6H,1-2H3;;;;/q5*-1;;;;;;. The Morgan fingerprint density at radius 1 is 0.552 bits per heavy atom. The van der Waals surface area contributed by atoms with Crippen molar-refractivity contribution >= 4 is 33.2 Å². The van der Waals surface area contributed by atoms with Crippen molar-refractivity contribution in [3.63, 3.8) is 0 Å². The van der Waals surface area contributed by atoms with E-state index in [4.69, 9.17) is 25.2 Å². The molecule has 1 unspecified atom stereocenters. The van der Waals surface area contributed by atoms with Crippen molar-refractivity contribution in [3.8, 4) is 56.4 Å². The maximum absolute atomic E-state index is 13.6. The first-order valence-electron chi connectivity index (χ1n) is 38.0. The number of para-hydroxylation sites is 1. The Hall–Kier alpha value is -8.53. The number of halogens is 5. The van der Waals surface area contributed by atoms with Gasteiger partial charge in [0.15, 0.2) is 11.6 Å². The zero-order valence-electron chi connectivity index (χ0n) is 67.5. The number of hydrogen-bond acceptors (Lipinski definition) is 10. The van der Waals surface area contributed by atoms with Crippen LogP contribution < -0.4 is 5.10 Å². The third-order valence-electron chi connectivity index (χ3n) is 19.4. The summed E-state index contributed by atoms with van der Waals surface area (Å²) in [5, 5.41) is 27.0. The molecular weight excluding hydrogens is 2180 g/mol. The van der Waals surface area contributed by atoms with Gasteiger partial charge in [-0.3, -0.25) is 28.3 Å². The molecule has 1 atom stereocenters. The molecule has 116 heavy (non-hydrogen) atoms. The molecule has 2 N–H and O–H groups in total. The Kier molecular flexibility index (Phi) is 38.9. The molecule has 12 aromatic rings. The van der Waals surface area contributed by atoms with E-state index in [2.05, 4.69) is 204 Å². The fraction of sp³-hybridized carbons (Fsp3) is 0.312. The van der Waals surface area contributed by atoms with Crippen molar-refractivity contribution in [1.82, 2.24) is 35.1 Å². The molecule has 0 aliphatic heterocycles. The second-order valence-corrected chi connectivity index (χ2v) is 31.5. The minimum Gasteiger partial charge on any atom is -0.573 e. The van der Waals surface area contributed by atoms with Crippen LogP contribution in [-0.4, -0.2) is 51.8 Å². The van der Waals surface area contributed by atoms with Gasteiger partial charge in [-0.25, -0.2) is 0 Å². The molecule has 0 spiro atoms. The smallest absolute Gasteiger partial charge is 0.431 e. The Bertz CT molecular complexity index is 5070. The van der Waals surface area contributed by atoms with E-state index in [9.17, 15) is 31.5 Å². The SMILES string of the molecule is CC(=O)C=C(C)O.CC(=O)C=C(C)O.CC(C)(C)Cc1cc(-c2[c-]cccc2)nc2ccccc12.CC(C)(C)Cc1cnc(-c2[c-]cccc2)c2ccccc12.CCC(C)c1ccc(-c2[c-]cc(F)cc2F)nc1.Cc1cc[c-]c(-c2ccc(C3C4CC5CC(C4)CC3C5)cn2)c1.FC(F)(F)c1cc(-c2ccccn2)[n-]n1.[Ir].[Ir].[Ir].[Ir]. The summed E-state index contributed by atoms with van der Waals surface area (Å²) in [4.78, 5) is 42.5. The predicted octanol–water partition coefficient (Wildman–Crippen LogP) is 24.5. The number of alkyl halides is 3. The van der Waals surface area contributed by atoms with Crippen LogP contribution >= 0.6 is 0 Å². The summed E-state index contributed by atoms with van der Waals surface area (Å²) in [5.41, 5.74) is 14.6. The van der Waals surface area contributed by atoms with E-state index >= 15 is 0 Å². The second kappa shape index (κ2) is 46.0. The topological polar surface area (TPSA) is 166 Å². The third kappa shape index (κ3) is 29.8. The number of aromatic nitrogens is 7. The first kappa shape index (κ1) is 98.0. The molecule has 0 amide bonds. The molecule has 618 valence electrons.